The standard InChI is InChI=1S/C13H12Cl2N4S2/c1-5(10-6(2)20-7(3)17-10)16-11-8(14)4-9(15)12-13(11)19-21-18-12/h4-5,16H,1-3H3. The third kappa shape index (κ3) is 2.73. The first-order valence-electron chi connectivity index (χ1n) is 6.28. The van der Waals surface area contributed by atoms with Gasteiger partial charge in [-0.1, -0.05) is 23.2 Å². The molecular formula is C13H12Cl2N4S2. The van der Waals surface area contributed by atoms with E-state index in [-0.39, 0.29) is 6.04 Å². The molecule has 0 aliphatic rings. The third-order valence-corrected chi connectivity index (χ3v) is 5.17. The molecule has 0 amide bonds. The first kappa shape index (κ1) is 15.0. The van der Waals surface area contributed by atoms with E-state index in [1.807, 2.05) is 6.92 Å². The molecule has 1 N–H and O–H groups in total. The Morgan fingerprint density at radius 1 is 1.14 bits per heavy atom. The summed E-state index contributed by atoms with van der Waals surface area (Å²) >= 11 is 15.3. The Morgan fingerprint density at radius 3 is 2.52 bits per heavy atom. The predicted octanol–water partition coefficient (Wildman–Crippen LogP) is 5.24. The Kier molecular flexibility index (Phi) is 4.05. The maximum atomic E-state index is 6.31. The molecule has 2 heterocycles. The van der Waals surface area contributed by atoms with Crippen molar-refractivity contribution in [1.29, 1.82) is 0 Å². The molecule has 0 radical (unpaired) electrons. The number of nitrogens with zero attached hydrogens (tertiary/aromatic N) is 3. The molecule has 0 saturated carbocycles. The topological polar surface area (TPSA) is 50.7 Å². The number of thiazole rings is 1. The van der Waals surface area contributed by atoms with Crippen LogP contribution >= 0.6 is 46.3 Å². The minimum absolute atomic E-state index is 0.0264. The van der Waals surface area contributed by atoms with E-state index in [4.69, 9.17) is 23.2 Å². The van der Waals surface area contributed by atoms with Crippen molar-refractivity contribution >= 4 is 63.0 Å². The van der Waals surface area contributed by atoms with Gasteiger partial charge in [-0.2, -0.15) is 8.75 Å². The SMILES string of the molecule is Cc1nc(C(C)Nc2c(Cl)cc(Cl)c3nsnc23)c(C)s1. The molecule has 8 heteroatoms. The Hall–Kier alpha value is -0.950. The van der Waals surface area contributed by atoms with Crippen LogP contribution in [0.15, 0.2) is 6.07 Å². The van der Waals surface area contributed by atoms with Gasteiger partial charge in [-0.15, -0.1) is 11.3 Å². The van der Waals surface area contributed by atoms with E-state index in [0.717, 1.165) is 28.1 Å². The van der Waals surface area contributed by atoms with Crippen LogP contribution in [0.25, 0.3) is 11.0 Å². The minimum atomic E-state index is 0.0264. The Bertz CT molecular complexity index is 812. The summed E-state index contributed by atoms with van der Waals surface area (Å²) in [4.78, 5) is 5.77. The molecule has 0 spiro atoms. The van der Waals surface area contributed by atoms with Crippen LogP contribution in [0.4, 0.5) is 5.69 Å². The minimum Gasteiger partial charge on any atom is -0.374 e. The lowest BCUT2D eigenvalue weighted by atomic mass is 10.2. The summed E-state index contributed by atoms with van der Waals surface area (Å²) in [5.41, 5.74) is 3.16. The highest BCUT2D eigenvalue weighted by atomic mass is 35.5. The molecule has 0 bridgehead atoms. The van der Waals surface area contributed by atoms with Crippen molar-refractivity contribution in [2.75, 3.05) is 5.32 Å². The molecule has 1 aromatic carbocycles. The molecule has 3 aromatic rings. The van der Waals surface area contributed by atoms with Gasteiger partial charge in [0.2, 0.25) is 0 Å². The number of benzene rings is 1. The fraction of sp³-hybridized carbons (Fsp3) is 0.308. The van der Waals surface area contributed by atoms with E-state index >= 15 is 0 Å². The van der Waals surface area contributed by atoms with Crippen molar-refractivity contribution in [2.45, 2.75) is 26.8 Å². The number of aromatic nitrogens is 3. The van der Waals surface area contributed by atoms with Crippen molar-refractivity contribution in [3.63, 3.8) is 0 Å². The summed E-state index contributed by atoms with van der Waals surface area (Å²) in [5.74, 6) is 0. The molecule has 3 rings (SSSR count). The number of fused-ring (bicyclic) bond motifs is 1. The molecule has 0 aliphatic heterocycles. The molecular weight excluding hydrogens is 347 g/mol. The van der Waals surface area contributed by atoms with Crippen LogP contribution in [0.5, 0.6) is 0 Å². The lowest BCUT2D eigenvalue weighted by Gasteiger charge is -2.16. The van der Waals surface area contributed by atoms with Crippen LogP contribution < -0.4 is 5.32 Å². The summed E-state index contributed by atoms with van der Waals surface area (Å²) in [6.45, 7) is 6.13. The van der Waals surface area contributed by atoms with Gasteiger partial charge in [0.25, 0.3) is 0 Å². The first-order valence-corrected chi connectivity index (χ1v) is 8.58. The molecule has 1 unspecified atom stereocenters. The highest BCUT2D eigenvalue weighted by molar-refractivity contribution is 7.11. The second-order valence-electron chi connectivity index (χ2n) is 4.72. The number of hydrogen-bond acceptors (Lipinski definition) is 6. The lowest BCUT2D eigenvalue weighted by molar-refractivity contribution is 0.838. The zero-order chi connectivity index (χ0) is 15.1. The van der Waals surface area contributed by atoms with Gasteiger partial charge in [-0.05, 0) is 26.8 Å². The van der Waals surface area contributed by atoms with Gasteiger partial charge in [0.15, 0.2) is 0 Å². The summed E-state index contributed by atoms with van der Waals surface area (Å²) in [6, 6.07) is 1.72. The van der Waals surface area contributed by atoms with Gasteiger partial charge in [0.1, 0.15) is 11.0 Å². The van der Waals surface area contributed by atoms with E-state index in [1.165, 1.54) is 4.88 Å². The van der Waals surface area contributed by atoms with Crippen LogP contribution in [-0.2, 0) is 0 Å². The Balaban J connectivity index is 2.02. The average molecular weight is 359 g/mol. The van der Waals surface area contributed by atoms with E-state index in [0.29, 0.717) is 21.1 Å². The van der Waals surface area contributed by atoms with E-state index in [9.17, 15) is 0 Å². The summed E-state index contributed by atoms with van der Waals surface area (Å²) < 4.78 is 8.50. The zero-order valence-corrected chi connectivity index (χ0v) is 14.7. The quantitative estimate of drug-likeness (QED) is 0.694. The second kappa shape index (κ2) is 5.68. The largest absolute Gasteiger partial charge is 0.374 e. The summed E-state index contributed by atoms with van der Waals surface area (Å²) in [5, 5.41) is 5.50. The molecule has 0 saturated heterocycles. The monoisotopic (exact) mass is 358 g/mol. The molecule has 0 fully saturated rings. The van der Waals surface area contributed by atoms with Crippen LogP contribution in [0.2, 0.25) is 10.0 Å². The fourth-order valence-corrected chi connectivity index (χ4v) is 4.32. The van der Waals surface area contributed by atoms with Gasteiger partial charge < -0.3 is 5.32 Å². The normalized spacial score (nSPS) is 12.8. The van der Waals surface area contributed by atoms with Crippen molar-refractivity contribution in [3.05, 3.63) is 31.7 Å². The summed E-state index contributed by atoms with van der Waals surface area (Å²) in [7, 11) is 0. The molecule has 2 aromatic heterocycles. The van der Waals surface area contributed by atoms with E-state index < -0.39 is 0 Å². The van der Waals surface area contributed by atoms with Gasteiger partial charge in [-0.25, -0.2) is 4.98 Å². The molecule has 1 atom stereocenters. The highest BCUT2D eigenvalue weighted by Gasteiger charge is 2.18. The highest BCUT2D eigenvalue weighted by Crippen LogP contribution is 2.37. The number of anilines is 1. The number of halogens is 2. The second-order valence-corrected chi connectivity index (χ2v) is 7.47. The number of rotatable bonds is 3. The van der Waals surface area contributed by atoms with Gasteiger partial charge in [0.05, 0.1) is 44.2 Å². The van der Waals surface area contributed by atoms with Gasteiger partial charge in [0, 0.05) is 4.88 Å². The van der Waals surface area contributed by atoms with Crippen LogP contribution in [0, 0.1) is 13.8 Å². The maximum absolute atomic E-state index is 6.31. The average Bonchev–Trinajstić information content (AvgIpc) is 3.01. The van der Waals surface area contributed by atoms with Crippen LogP contribution in [0.1, 0.15) is 28.5 Å². The van der Waals surface area contributed by atoms with Crippen molar-refractivity contribution in [3.8, 4) is 0 Å². The fourth-order valence-electron chi connectivity index (χ4n) is 2.24. The van der Waals surface area contributed by atoms with E-state index in [1.54, 1.807) is 17.4 Å². The Morgan fingerprint density at radius 2 is 1.86 bits per heavy atom. The van der Waals surface area contributed by atoms with Crippen molar-refractivity contribution < 1.29 is 0 Å². The lowest BCUT2D eigenvalue weighted by Crippen LogP contribution is -2.09. The van der Waals surface area contributed by atoms with Gasteiger partial charge in [-0.3, -0.25) is 0 Å². The van der Waals surface area contributed by atoms with Crippen molar-refractivity contribution in [1.82, 2.24) is 13.7 Å². The number of hydrogen-bond donors (Lipinski definition) is 1. The zero-order valence-electron chi connectivity index (χ0n) is 11.6. The smallest absolute Gasteiger partial charge is 0.130 e. The van der Waals surface area contributed by atoms with Crippen molar-refractivity contribution in [2.24, 2.45) is 0 Å². The predicted molar refractivity (Wildman–Crippen MR) is 91.1 cm³/mol. The molecule has 21 heavy (non-hydrogen) atoms. The molecule has 4 nitrogen and oxygen atoms in total. The van der Waals surface area contributed by atoms with Crippen LogP contribution in [-0.4, -0.2) is 13.7 Å². The molecule has 0 aliphatic carbocycles. The molecule has 110 valence electrons. The number of nitrogens with one attached hydrogen (secondary N) is 1. The number of aryl methyl sites for hydroxylation is 2. The third-order valence-electron chi connectivity index (χ3n) is 3.15. The Labute approximate surface area is 140 Å². The maximum Gasteiger partial charge on any atom is 0.130 e. The van der Waals surface area contributed by atoms with Crippen LogP contribution in [0.3, 0.4) is 0 Å². The van der Waals surface area contributed by atoms with E-state index in [2.05, 4.69) is 32.9 Å². The first-order chi connectivity index (χ1) is 9.97. The van der Waals surface area contributed by atoms with Gasteiger partial charge >= 0.3 is 0 Å². The summed E-state index contributed by atoms with van der Waals surface area (Å²) in [6.07, 6.45) is 0.